The summed E-state index contributed by atoms with van der Waals surface area (Å²) in [7, 11) is 0. The molecule has 0 aliphatic heterocycles. The van der Waals surface area contributed by atoms with Gasteiger partial charge in [-0.05, 0) is 54.4 Å². The summed E-state index contributed by atoms with van der Waals surface area (Å²) >= 11 is 0. The molecule has 0 bridgehead atoms. The minimum atomic E-state index is 0.333. The lowest BCUT2D eigenvalue weighted by molar-refractivity contribution is 0.590. The lowest BCUT2D eigenvalue weighted by Gasteiger charge is -2.06. The number of nitrogens with two attached hydrogens (primary N) is 1. The van der Waals surface area contributed by atoms with E-state index in [0.717, 1.165) is 18.5 Å². The molecule has 3 N–H and O–H groups in total. The summed E-state index contributed by atoms with van der Waals surface area (Å²) in [6.45, 7) is 12.9. The van der Waals surface area contributed by atoms with E-state index in [9.17, 15) is 0 Å². The van der Waals surface area contributed by atoms with Crippen LogP contribution in [0.15, 0.2) is 55.6 Å². The summed E-state index contributed by atoms with van der Waals surface area (Å²) in [5, 5.41) is 3.37. The minimum absolute atomic E-state index is 0.333. The molecule has 0 saturated carbocycles. The molecule has 0 saturated heterocycles. The van der Waals surface area contributed by atoms with Crippen LogP contribution in [0.3, 0.4) is 0 Å². The monoisotopic (exact) mass is 328 g/mol. The van der Waals surface area contributed by atoms with Crippen LogP contribution in [-0.4, -0.2) is 28.6 Å². The number of nitrogens with zero attached hydrogens (tertiary/aromatic N) is 2. The summed E-state index contributed by atoms with van der Waals surface area (Å²) < 4.78 is 0. The highest BCUT2D eigenvalue weighted by atomic mass is 14.9. The minimum Gasteiger partial charge on any atom is -0.328 e. The summed E-state index contributed by atoms with van der Waals surface area (Å²) in [5.74, 6) is 0. The van der Waals surface area contributed by atoms with E-state index < -0.39 is 0 Å². The van der Waals surface area contributed by atoms with Gasteiger partial charge < -0.3 is 11.1 Å². The van der Waals surface area contributed by atoms with Crippen molar-refractivity contribution in [2.45, 2.75) is 46.2 Å². The Morgan fingerprint density at radius 1 is 1.00 bits per heavy atom. The van der Waals surface area contributed by atoms with Gasteiger partial charge in [0.05, 0.1) is 0 Å². The number of hydrogen-bond donors (Lipinski definition) is 2. The summed E-state index contributed by atoms with van der Waals surface area (Å²) in [6, 6.07) is 8.84. The molecule has 0 amide bonds. The zero-order valence-electron chi connectivity index (χ0n) is 15.4. The first-order chi connectivity index (χ1) is 11.5. The second kappa shape index (κ2) is 14.5. The third kappa shape index (κ3) is 14.9. The molecule has 24 heavy (non-hydrogen) atoms. The van der Waals surface area contributed by atoms with Crippen molar-refractivity contribution in [2.75, 3.05) is 6.54 Å². The van der Waals surface area contributed by atoms with Gasteiger partial charge in [-0.25, -0.2) is 0 Å². The van der Waals surface area contributed by atoms with Crippen molar-refractivity contribution in [3.8, 4) is 0 Å². The average Bonchev–Trinajstić information content (AvgIpc) is 2.56. The van der Waals surface area contributed by atoms with Crippen molar-refractivity contribution in [3.63, 3.8) is 0 Å². The summed E-state index contributed by atoms with van der Waals surface area (Å²) in [5.41, 5.74) is 7.57. The maximum atomic E-state index is 5.11. The maximum absolute atomic E-state index is 5.11. The van der Waals surface area contributed by atoms with Crippen LogP contribution in [0.1, 0.15) is 38.8 Å². The van der Waals surface area contributed by atoms with Crippen molar-refractivity contribution < 1.29 is 0 Å². The number of pyridine rings is 2. The fourth-order valence-corrected chi connectivity index (χ4v) is 1.55. The van der Waals surface area contributed by atoms with Crippen LogP contribution in [-0.2, 0) is 6.42 Å². The molecule has 0 aliphatic carbocycles. The van der Waals surface area contributed by atoms with Gasteiger partial charge in [-0.1, -0.05) is 40.3 Å². The molecule has 2 heterocycles. The molecule has 132 valence electrons. The van der Waals surface area contributed by atoms with Gasteiger partial charge in [0.25, 0.3) is 0 Å². The molecule has 2 aromatic heterocycles. The first-order valence-corrected chi connectivity index (χ1v) is 8.36. The maximum Gasteiger partial charge on any atom is 0.0273 e. The fraction of sp³-hybridized carbons (Fsp3) is 0.400. The van der Waals surface area contributed by atoms with Crippen molar-refractivity contribution in [2.24, 2.45) is 5.73 Å². The highest BCUT2D eigenvalue weighted by Crippen LogP contribution is 1.96. The second-order valence-electron chi connectivity index (χ2n) is 5.94. The largest absolute Gasteiger partial charge is 0.328 e. The predicted molar refractivity (Wildman–Crippen MR) is 105 cm³/mol. The normalized spacial score (nSPS) is 9.62. The lowest BCUT2D eigenvalue weighted by Crippen LogP contribution is -2.24. The van der Waals surface area contributed by atoms with E-state index in [4.69, 9.17) is 5.73 Å². The van der Waals surface area contributed by atoms with E-state index in [1.165, 1.54) is 5.56 Å². The van der Waals surface area contributed by atoms with Crippen LogP contribution in [0.5, 0.6) is 0 Å². The Morgan fingerprint density at radius 3 is 1.83 bits per heavy atom. The molecule has 4 nitrogen and oxygen atoms in total. The zero-order chi connectivity index (χ0) is 18.2. The van der Waals surface area contributed by atoms with Crippen LogP contribution in [0.2, 0.25) is 0 Å². The molecule has 0 spiro atoms. The third-order valence-corrected chi connectivity index (χ3v) is 2.66. The SMILES string of the molecule is C=Cc1ccncc1.CC(C)N.CC(C)NCCc1ccncc1. The van der Waals surface area contributed by atoms with Gasteiger partial charge in [0.2, 0.25) is 0 Å². The van der Waals surface area contributed by atoms with Crippen molar-refractivity contribution in [1.29, 1.82) is 0 Å². The van der Waals surface area contributed by atoms with E-state index in [0.29, 0.717) is 12.1 Å². The molecular formula is C20H32N4. The van der Waals surface area contributed by atoms with E-state index in [1.54, 1.807) is 18.5 Å². The molecular weight excluding hydrogens is 296 g/mol. The molecule has 2 rings (SSSR count). The van der Waals surface area contributed by atoms with Crippen LogP contribution < -0.4 is 11.1 Å². The van der Waals surface area contributed by atoms with Gasteiger partial charge >= 0.3 is 0 Å². The molecule has 0 unspecified atom stereocenters. The topological polar surface area (TPSA) is 63.8 Å². The van der Waals surface area contributed by atoms with Crippen molar-refractivity contribution in [3.05, 3.63) is 66.8 Å². The van der Waals surface area contributed by atoms with Crippen LogP contribution in [0.25, 0.3) is 6.08 Å². The van der Waals surface area contributed by atoms with Crippen molar-refractivity contribution >= 4 is 6.08 Å². The van der Waals surface area contributed by atoms with Gasteiger partial charge in [0.1, 0.15) is 0 Å². The van der Waals surface area contributed by atoms with E-state index in [1.807, 2.05) is 38.4 Å². The average molecular weight is 329 g/mol. The number of hydrogen-bond acceptors (Lipinski definition) is 4. The van der Waals surface area contributed by atoms with E-state index in [-0.39, 0.29) is 0 Å². The van der Waals surface area contributed by atoms with Crippen LogP contribution >= 0.6 is 0 Å². The Labute approximate surface area is 147 Å². The standard InChI is InChI=1S/C10H16N2.C7H7N.C3H9N/c1-9(2)12-8-5-10-3-6-11-7-4-10;1-2-7-3-5-8-6-4-7;1-3(2)4/h3-4,6-7,9,12H,5,8H2,1-2H3;2-6H,1H2;3H,4H2,1-2H3. The Bertz CT molecular complexity index is 507. The Morgan fingerprint density at radius 2 is 1.46 bits per heavy atom. The van der Waals surface area contributed by atoms with Gasteiger partial charge in [-0.15, -0.1) is 0 Å². The summed E-state index contributed by atoms with van der Waals surface area (Å²) in [4.78, 5) is 7.81. The second-order valence-corrected chi connectivity index (χ2v) is 5.94. The Kier molecular flexibility index (Phi) is 13.3. The fourth-order valence-electron chi connectivity index (χ4n) is 1.55. The summed E-state index contributed by atoms with van der Waals surface area (Å²) in [6.07, 6.45) is 10.0. The molecule has 0 fully saturated rings. The molecule has 4 heteroatoms. The third-order valence-electron chi connectivity index (χ3n) is 2.66. The predicted octanol–water partition coefficient (Wildman–Crippen LogP) is 3.70. The molecule has 0 radical (unpaired) electrons. The van der Waals surface area contributed by atoms with E-state index in [2.05, 4.69) is 47.8 Å². The first-order valence-electron chi connectivity index (χ1n) is 8.36. The quantitative estimate of drug-likeness (QED) is 0.878. The highest BCUT2D eigenvalue weighted by Gasteiger charge is 1.93. The van der Waals surface area contributed by atoms with Crippen molar-refractivity contribution in [1.82, 2.24) is 15.3 Å². The molecule has 0 aromatic carbocycles. The van der Waals surface area contributed by atoms with Gasteiger partial charge in [0.15, 0.2) is 0 Å². The van der Waals surface area contributed by atoms with E-state index >= 15 is 0 Å². The van der Waals surface area contributed by atoms with Gasteiger partial charge in [0, 0.05) is 30.8 Å². The van der Waals surface area contributed by atoms with Crippen LogP contribution in [0, 0.1) is 0 Å². The van der Waals surface area contributed by atoms with Gasteiger partial charge in [-0.3, -0.25) is 9.97 Å². The first kappa shape index (κ1) is 22.0. The zero-order valence-corrected chi connectivity index (χ0v) is 15.4. The van der Waals surface area contributed by atoms with Crippen LogP contribution in [0.4, 0.5) is 0 Å². The number of nitrogens with one attached hydrogen (secondary N) is 1. The molecule has 2 aromatic rings. The Balaban J connectivity index is 0.000000379. The number of rotatable bonds is 5. The van der Waals surface area contributed by atoms with Gasteiger partial charge in [-0.2, -0.15) is 0 Å². The molecule has 0 atom stereocenters. The Hall–Kier alpha value is -2.04. The lowest BCUT2D eigenvalue weighted by atomic mass is 10.2. The smallest absolute Gasteiger partial charge is 0.0273 e. The highest BCUT2D eigenvalue weighted by molar-refractivity contribution is 5.44. The molecule has 0 aliphatic rings. The number of aromatic nitrogens is 2.